The molecular weight excluding hydrogens is 158 g/mol. The molecular formula is C8H13NO3. The molecule has 0 unspecified atom stereocenters. The Morgan fingerprint density at radius 2 is 1.92 bits per heavy atom. The van der Waals surface area contributed by atoms with E-state index in [1.54, 1.807) is 0 Å². The number of hydrogen-bond acceptors (Lipinski definition) is 3. The molecule has 0 atom stereocenters. The van der Waals surface area contributed by atoms with Gasteiger partial charge in [0, 0.05) is 6.21 Å². The molecule has 1 saturated carbocycles. The van der Waals surface area contributed by atoms with Crippen LogP contribution in [0.4, 0.5) is 0 Å². The Kier molecular flexibility index (Phi) is 3.08. The van der Waals surface area contributed by atoms with Crippen LogP contribution in [0.2, 0.25) is 0 Å². The van der Waals surface area contributed by atoms with E-state index < -0.39 is 5.97 Å². The molecule has 1 fully saturated rings. The van der Waals surface area contributed by atoms with Crippen molar-refractivity contribution in [3.8, 4) is 0 Å². The van der Waals surface area contributed by atoms with E-state index in [0.29, 0.717) is 12.8 Å². The van der Waals surface area contributed by atoms with E-state index in [1.165, 1.54) is 6.21 Å². The number of carboxylic acids is 1. The Labute approximate surface area is 70.9 Å². The van der Waals surface area contributed by atoms with E-state index in [4.69, 9.17) is 10.3 Å². The zero-order valence-electron chi connectivity index (χ0n) is 6.81. The second-order valence-corrected chi connectivity index (χ2v) is 3.21. The van der Waals surface area contributed by atoms with E-state index >= 15 is 0 Å². The quantitative estimate of drug-likeness (QED) is 0.374. The van der Waals surface area contributed by atoms with Gasteiger partial charge in [-0.25, -0.2) is 0 Å². The summed E-state index contributed by atoms with van der Waals surface area (Å²) < 4.78 is 0. The molecule has 4 heteroatoms. The molecule has 0 heterocycles. The predicted octanol–water partition coefficient (Wildman–Crippen LogP) is 1.34. The van der Waals surface area contributed by atoms with Crippen LogP contribution in [0.25, 0.3) is 0 Å². The first-order valence-corrected chi connectivity index (χ1v) is 4.14. The number of carboxylic acid groups (broad SMARTS) is 1. The normalized spacial score (nSPS) is 30.7. The van der Waals surface area contributed by atoms with Gasteiger partial charge in [-0.05, 0) is 31.6 Å². The monoisotopic (exact) mass is 171 g/mol. The molecule has 0 spiro atoms. The zero-order chi connectivity index (χ0) is 8.97. The van der Waals surface area contributed by atoms with Crippen LogP contribution in [0.3, 0.4) is 0 Å². The number of carbonyl (C=O) groups is 1. The topological polar surface area (TPSA) is 69.9 Å². The molecule has 0 amide bonds. The van der Waals surface area contributed by atoms with Crippen LogP contribution in [-0.2, 0) is 4.79 Å². The Bertz CT molecular complexity index is 183. The van der Waals surface area contributed by atoms with Crippen molar-refractivity contribution >= 4 is 12.2 Å². The van der Waals surface area contributed by atoms with Crippen molar-refractivity contribution < 1.29 is 15.1 Å². The van der Waals surface area contributed by atoms with Gasteiger partial charge in [-0.2, -0.15) is 0 Å². The van der Waals surface area contributed by atoms with Crippen LogP contribution in [0.1, 0.15) is 25.7 Å². The molecule has 0 saturated heterocycles. The summed E-state index contributed by atoms with van der Waals surface area (Å²) in [4.78, 5) is 10.5. The fourth-order valence-corrected chi connectivity index (χ4v) is 1.61. The van der Waals surface area contributed by atoms with Gasteiger partial charge in [0.1, 0.15) is 0 Å². The highest BCUT2D eigenvalue weighted by molar-refractivity contribution is 5.70. The summed E-state index contributed by atoms with van der Waals surface area (Å²) in [6.07, 6.45) is 4.54. The van der Waals surface area contributed by atoms with Crippen LogP contribution in [0.15, 0.2) is 5.16 Å². The second kappa shape index (κ2) is 4.09. The number of rotatable bonds is 2. The van der Waals surface area contributed by atoms with E-state index in [-0.39, 0.29) is 11.8 Å². The maximum atomic E-state index is 10.5. The second-order valence-electron chi connectivity index (χ2n) is 3.21. The average Bonchev–Trinajstić information content (AvgIpc) is 2.06. The fraction of sp³-hybridized carbons (Fsp3) is 0.750. The highest BCUT2D eigenvalue weighted by Crippen LogP contribution is 2.27. The van der Waals surface area contributed by atoms with Gasteiger partial charge >= 0.3 is 5.97 Å². The smallest absolute Gasteiger partial charge is 0.306 e. The van der Waals surface area contributed by atoms with Gasteiger partial charge in [-0.3, -0.25) is 4.79 Å². The number of aliphatic carboxylic acids is 1. The molecule has 0 aromatic carbocycles. The molecule has 1 aliphatic rings. The largest absolute Gasteiger partial charge is 0.481 e. The Morgan fingerprint density at radius 3 is 2.33 bits per heavy atom. The summed E-state index contributed by atoms with van der Waals surface area (Å²) in [5.74, 6) is -0.617. The number of nitrogens with zero attached hydrogens (tertiary/aromatic N) is 1. The number of oxime groups is 1. The van der Waals surface area contributed by atoms with Gasteiger partial charge in [-0.1, -0.05) is 0 Å². The van der Waals surface area contributed by atoms with Gasteiger partial charge in [0.2, 0.25) is 0 Å². The van der Waals surface area contributed by atoms with E-state index in [2.05, 4.69) is 5.16 Å². The van der Waals surface area contributed by atoms with Gasteiger partial charge in [-0.15, -0.1) is 5.16 Å². The van der Waals surface area contributed by atoms with E-state index in [1.807, 2.05) is 0 Å². The van der Waals surface area contributed by atoms with Gasteiger partial charge in [0.25, 0.3) is 0 Å². The van der Waals surface area contributed by atoms with E-state index in [9.17, 15) is 4.79 Å². The Morgan fingerprint density at radius 1 is 1.33 bits per heavy atom. The van der Waals surface area contributed by atoms with Gasteiger partial charge in [0.05, 0.1) is 5.92 Å². The standard InChI is InChI=1S/C8H13NO3/c10-8(11)7-3-1-6(2-4-7)5-9-12/h5-7,12H,1-4H2,(H,10,11). The third-order valence-corrected chi connectivity index (χ3v) is 2.40. The molecule has 0 aliphatic heterocycles. The minimum absolute atomic E-state index is 0.187. The Balaban J connectivity index is 2.34. The van der Waals surface area contributed by atoms with Crippen molar-refractivity contribution in [1.29, 1.82) is 0 Å². The molecule has 2 N–H and O–H groups in total. The molecule has 12 heavy (non-hydrogen) atoms. The summed E-state index contributed by atoms with van der Waals surface area (Å²) in [7, 11) is 0. The summed E-state index contributed by atoms with van der Waals surface area (Å²) >= 11 is 0. The molecule has 1 rings (SSSR count). The van der Waals surface area contributed by atoms with Crippen molar-refractivity contribution in [2.45, 2.75) is 25.7 Å². The summed E-state index contributed by atoms with van der Waals surface area (Å²) in [5.41, 5.74) is 0. The van der Waals surface area contributed by atoms with Crippen LogP contribution >= 0.6 is 0 Å². The molecule has 4 nitrogen and oxygen atoms in total. The molecule has 1 aliphatic carbocycles. The highest BCUT2D eigenvalue weighted by atomic mass is 16.4. The molecule has 0 aromatic rings. The Hall–Kier alpha value is -1.06. The van der Waals surface area contributed by atoms with Crippen LogP contribution in [0, 0.1) is 11.8 Å². The molecule has 0 bridgehead atoms. The lowest BCUT2D eigenvalue weighted by molar-refractivity contribution is -0.142. The van der Waals surface area contributed by atoms with Crippen molar-refractivity contribution in [3.05, 3.63) is 0 Å². The molecule has 0 radical (unpaired) electrons. The van der Waals surface area contributed by atoms with Crippen molar-refractivity contribution in [1.82, 2.24) is 0 Å². The maximum Gasteiger partial charge on any atom is 0.306 e. The van der Waals surface area contributed by atoms with E-state index in [0.717, 1.165) is 12.8 Å². The zero-order valence-corrected chi connectivity index (χ0v) is 6.81. The van der Waals surface area contributed by atoms with Crippen molar-refractivity contribution in [3.63, 3.8) is 0 Å². The third-order valence-electron chi connectivity index (χ3n) is 2.40. The minimum Gasteiger partial charge on any atom is -0.481 e. The first kappa shape index (κ1) is 9.03. The summed E-state index contributed by atoms with van der Waals surface area (Å²) in [6.45, 7) is 0. The van der Waals surface area contributed by atoms with Crippen LogP contribution in [-0.4, -0.2) is 22.5 Å². The molecule has 0 aromatic heterocycles. The third kappa shape index (κ3) is 2.22. The summed E-state index contributed by atoms with van der Waals surface area (Å²) in [6, 6.07) is 0. The lowest BCUT2D eigenvalue weighted by Crippen LogP contribution is -2.21. The SMILES string of the molecule is O=C(O)C1CCC(C=NO)CC1. The fourth-order valence-electron chi connectivity index (χ4n) is 1.61. The lowest BCUT2D eigenvalue weighted by Gasteiger charge is -2.22. The highest BCUT2D eigenvalue weighted by Gasteiger charge is 2.24. The predicted molar refractivity (Wildman–Crippen MR) is 43.4 cm³/mol. The van der Waals surface area contributed by atoms with Gasteiger partial charge < -0.3 is 10.3 Å². The maximum absolute atomic E-state index is 10.5. The summed E-state index contributed by atoms with van der Waals surface area (Å²) in [5, 5.41) is 19.9. The number of hydrogen-bond donors (Lipinski definition) is 2. The van der Waals surface area contributed by atoms with Crippen molar-refractivity contribution in [2.75, 3.05) is 0 Å². The minimum atomic E-state index is -0.700. The van der Waals surface area contributed by atoms with Gasteiger partial charge in [0.15, 0.2) is 0 Å². The van der Waals surface area contributed by atoms with Crippen molar-refractivity contribution in [2.24, 2.45) is 17.0 Å². The lowest BCUT2D eigenvalue weighted by atomic mass is 9.83. The van der Waals surface area contributed by atoms with Crippen LogP contribution in [0.5, 0.6) is 0 Å². The average molecular weight is 171 g/mol. The van der Waals surface area contributed by atoms with Crippen LogP contribution < -0.4 is 0 Å². The molecule has 68 valence electrons. The first-order valence-electron chi connectivity index (χ1n) is 4.14. The first-order chi connectivity index (χ1) is 5.74.